The zero-order valence-electron chi connectivity index (χ0n) is 8.13. The van der Waals surface area contributed by atoms with Crippen molar-refractivity contribution in [2.75, 3.05) is 0 Å². The molecule has 0 spiro atoms. The summed E-state index contributed by atoms with van der Waals surface area (Å²) in [7, 11) is 0. The van der Waals surface area contributed by atoms with E-state index >= 15 is 0 Å². The van der Waals surface area contributed by atoms with Gasteiger partial charge in [-0.2, -0.15) is 5.26 Å². The highest BCUT2D eigenvalue weighted by molar-refractivity contribution is 9.11. The summed E-state index contributed by atoms with van der Waals surface area (Å²) in [6.07, 6.45) is 0.256. The molecule has 0 aliphatic carbocycles. The third-order valence-electron chi connectivity index (χ3n) is 1.98. The minimum absolute atomic E-state index is 0.0217. The Balaban J connectivity index is 3.07. The molecule has 1 aromatic rings. The molecule has 0 heterocycles. The summed E-state index contributed by atoms with van der Waals surface area (Å²) in [5, 5.41) is 9.01. The highest BCUT2D eigenvalue weighted by Crippen LogP contribution is 2.29. The number of carbonyl (C=O) groups is 1. The van der Waals surface area contributed by atoms with E-state index in [9.17, 15) is 4.79 Å². The fourth-order valence-corrected chi connectivity index (χ4v) is 2.20. The largest absolute Gasteiger partial charge is 0.300 e. The van der Waals surface area contributed by atoms with Crippen LogP contribution in [0.1, 0.15) is 24.8 Å². The molecule has 1 unspecified atom stereocenters. The van der Waals surface area contributed by atoms with Gasteiger partial charge >= 0.3 is 0 Å². The van der Waals surface area contributed by atoms with Crippen LogP contribution in [0.3, 0.4) is 0 Å². The number of Topliss-reactive ketones (excluding diaryl/α,β-unsaturated/α-hetero) is 1. The van der Waals surface area contributed by atoms with Crippen molar-refractivity contribution in [3.05, 3.63) is 32.7 Å². The van der Waals surface area contributed by atoms with Crippen LogP contribution in [-0.4, -0.2) is 5.78 Å². The van der Waals surface area contributed by atoms with Gasteiger partial charge in [-0.25, -0.2) is 0 Å². The lowest BCUT2D eigenvalue weighted by Gasteiger charge is -2.10. The highest BCUT2D eigenvalue weighted by Gasteiger charge is 2.16. The molecule has 1 aromatic carbocycles. The number of rotatable bonds is 3. The molecule has 15 heavy (non-hydrogen) atoms. The first kappa shape index (κ1) is 12.4. The maximum absolute atomic E-state index is 11.0. The van der Waals surface area contributed by atoms with Crippen LogP contribution in [0.25, 0.3) is 0 Å². The van der Waals surface area contributed by atoms with Gasteiger partial charge in [0.05, 0.1) is 12.0 Å². The second-order valence-electron chi connectivity index (χ2n) is 3.25. The van der Waals surface area contributed by atoms with Crippen LogP contribution in [0.5, 0.6) is 0 Å². The minimum atomic E-state index is -0.380. The maximum atomic E-state index is 11.0. The molecule has 78 valence electrons. The maximum Gasteiger partial charge on any atom is 0.131 e. The van der Waals surface area contributed by atoms with E-state index in [0.717, 1.165) is 14.5 Å². The summed E-state index contributed by atoms with van der Waals surface area (Å²) in [6.45, 7) is 1.50. The Morgan fingerprint density at radius 2 is 2.20 bits per heavy atom. The smallest absolute Gasteiger partial charge is 0.131 e. The fourth-order valence-electron chi connectivity index (χ4n) is 1.29. The van der Waals surface area contributed by atoms with Gasteiger partial charge in [0.2, 0.25) is 0 Å². The molecule has 1 rings (SSSR count). The molecule has 0 N–H and O–H groups in total. The number of hydrogen-bond acceptors (Lipinski definition) is 2. The fraction of sp³-hybridized carbons (Fsp3) is 0.273. The molecule has 0 radical (unpaired) electrons. The van der Waals surface area contributed by atoms with E-state index in [1.54, 1.807) is 0 Å². The molecule has 0 aromatic heterocycles. The Bertz CT molecular complexity index is 423. The lowest BCUT2D eigenvalue weighted by atomic mass is 9.96. The number of ketones is 1. The zero-order valence-corrected chi connectivity index (χ0v) is 11.3. The van der Waals surface area contributed by atoms with E-state index in [1.165, 1.54) is 6.92 Å². The van der Waals surface area contributed by atoms with Crippen LogP contribution in [0.2, 0.25) is 0 Å². The lowest BCUT2D eigenvalue weighted by molar-refractivity contribution is -0.117. The summed E-state index contributed by atoms with van der Waals surface area (Å²) in [5.41, 5.74) is 0.849. The zero-order chi connectivity index (χ0) is 11.4. The lowest BCUT2D eigenvalue weighted by Crippen LogP contribution is -2.02. The predicted octanol–water partition coefficient (Wildman–Crippen LogP) is 3.80. The van der Waals surface area contributed by atoms with E-state index in [1.807, 2.05) is 18.2 Å². The molecule has 0 amide bonds. The third kappa shape index (κ3) is 3.44. The van der Waals surface area contributed by atoms with Crippen LogP contribution in [0.4, 0.5) is 0 Å². The van der Waals surface area contributed by atoms with Crippen LogP contribution < -0.4 is 0 Å². The number of benzene rings is 1. The number of nitriles is 1. The molecule has 4 heteroatoms. The monoisotopic (exact) mass is 329 g/mol. The second-order valence-corrected chi connectivity index (χ2v) is 5.02. The van der Waals surface area contributed by atoms with Crippen molar-refractivity contribution in [2.45, 2.75) is 19.3 Å². The Labute approximate surface area is 106 Å². The van der Waals surface area contributed by atoms with E-state index in [0.29, 0.717) is 0 Å². The average Bonchev–Trinajstić information content (AvgIpc) is 2.18. The number of carbonyl (C=O) groups excluding carboxylic acids is 1. The molecule has 0 saturated carbocycles. The van der Waals surface area contributed by atoms with Crippen LogP contribution in [0.15, 0.2) is 27.1 Å². The SMILES string of the molecule is CC(=O)CC(C#N)c1cc(Br)ccc1Br. The number of halogens is 2. The van der Waals surface area contributed by atoms with Crippen molar-refractivity contribution in [3.63, 3.8) is 0 Å². The van der Waals surface area contributed by atoms with Gasteiger partial charge in [-0.15, -0.1) is 0 Å². The van der Waals surface area contributed by atoms with E-state index in [2.05, 4.69) is 37.9 Å². The molecule has 0 aliphatic rings. The van der Waals surface area contributed by atoms with Gasteiger partial charge in [0.25, 0.3) is 0 Å². The van der Waals surface area contributed by atoms with Crippen molar-refractivity contribution < 1.29 is 4.79 Å². The van der Waals surface area contributed by atoms with Gasteiger partial charge in [-0.1, -0.05) is 31.9 Å². The van der Waals surface area contributed by atoms with E-state index < -0.39 is 0 Å². The van der Waals surface area contributed by atoms with E-state index in [-0.39, 0.29) is 18.1 Å². The molecule has 0 bridgehead atoms. The normalized spacial score (nSPS) is 11.9. The molecule has 0 aliphatic heterocycles. The van der Waals surface area contributed by atoms with Gasteiger partial charge in [0.1, 0.15) is 5.78 Å². The van der Waals surface area contributed by atoms with Gasteiger partial charge in [-0.05, 0) is 30.7 Å². The summed E-state index contributed by atoms with van der Waals surface area (Å²) in [5.74, 6) is -0.359. The summed E-state index contributed by atoms with van der Waals surface area (Å²) in [4.78, 5) is 11.0. The Morgan fingerprint density at radius 1 is 1.53 bits per heavy atom. The summed E-state index contributed by atoms with van der Waals surface area (Å²) < 4.78 is 1.77. The van der Waals surface area contributed by atoms with Crippen molar-refractivity contribution >= 4 is 37.6 Å². The van der Waals surface area contributed by atoms with Crippen LogP contribution >= 0.6 is 31.9 Å². The van der Waals surface area contributed by atoms with E-state index in [4.69, 9.17) is 5.26 Å². The van der Waals surface area contributed by atoms with Crippen molar-refractivity contribution in [2.24, 2.45) is 0 Å². The minimum Gasteiger partial charge on any atom is -0.300 e. The van der Waals surface area contributed by atoms with Gasteiger partial charge in [0, 0.05) is 15.4 Å². The van der Waals surface area contributed by atoms with Crippen LogP contribution in [0, 0.1) is 11.3 Å². The van der Waals surface area contributed by atoms with Gasteiger partial charge in [0.15, 0.2) is 0 Å². The average molecular weight is 331 g/mol. The molecule has 0 fully saturated rings. The first-order valence-electron chi connectivity index (χ1n) is 4.38. The Kier molecular flexibility index (Phi) is 4.49. The highest BCUT2D eigenvalue weighted by atomic mass is 79.9. The first-order valence-corrected chi connectivity index (χ1v) is 5.97. The van der Waals surface area contributed by atoms with Crippen molar-refractivity contribution in [1.29, 1.82) is 5.26 Å². The standard InChI is InChI=1S/C11H9Br2NO/c1-7(15)4-8(6-14)10-5-9(12)2-3-11(10)13/h2-3,5,8H,4H2,1H3. The summed E-state index contributed by atoms with van der Waals surface area (Å²) in [6, 6.07) is 7.76. The molecular weight excluding hydrogens is 322 g/mol. The Hall–Kier alpha value is -0.660. The second kappa shape index (κ2) is 5.43. The van der Waals surface area contributed by atoms with Crippen molar-refractivity contribution in [3.8, 4) is 6.07 Å². The predicted molar refractivity (Wildman–Crippen MR) is 65.5 cm³/mol. The van der Waals surface area contributed by atoms with Crippen LogP contribution in [-0.2, 0) is 4.79 Å². The summed E-state index contributed by atoms with van der Waals surface area (Å²) >= 11 is 6.72. The molecular formula is C11H9Br2NO. The molecule has 1 atom stereocenters. The Morgan fingerprint density at radius 3 is 2.73 bits per heavy atom. The quantitative estimate of drug-likeness (QED) is 0.845. The molecule has 2 nitrogen and oxygen atoms in total. The van der Waals surface area contributed by atoms with Crippen molar-refractivity contribution in [1.82, 2.24) is 0 Å². The number of nitrogens with zero attached hydrogens (tertiary/aromatic N) is 1. The van der Waals surface area contributed by atoms with Gasteiger partial charge < -0.3 is 0 Å². The molecule has 0 saturated heterocycles. The number of hydrogen-bond donors (Lipinski definition) is 0. The topological polar surface area (TPSA) is 40.9 Å². The third-order valence-corrected chi connectivity index (χ3v) is 3.20. The first-order chi connectivity index (χ1) is 7.04. The van der Waals surface area contributed by atoms with Gasteiger partial charge in [-0.3, -0.25) is 4.79 Å².